The van der Waals surface area contributed by atoms with Crippen LogP contribution in [-0.2, 0) is 0 Å². The molecule has 0 aliphatic carbocycles. The van der Waals surface area contributed by atoms with E-state index in [-0.39, 0.29) is 0 Å². The van der Waals surface area contributed by atoms with Crippen molar-refractivity contribution in [2.24, 2.45) is 0 Å². The molecule has 0 amide bonds. The zero-order valence-corrected chi connectivity index (χ0v) is 30.0. The predicted octanol–water partition coefficient (Wildman–Crippen LogP) is 14.7. The number of hydrogen-bond acceptors (Lipinski definition) is 0. The molecule has 0 radical (unpaired) electrons. The largest absolute Gasteiger partial charge is 0.0622 e. The van der Waals surface area contributed by atoms with E-state index in [9.17, 15) is 0 Å². The minimum absolute atomic E-state index is 0.466. The molecule has 0 spiro atoms. The van der Waals surface area contributed by atoms with Crippen molar-refractivity contribution in [3.05, 3.63) is 168 Å². The molecule has 0 aromatic heterocycles. The SMILES string of the molecule is Cc1ccc2c(-c3ccc(C(C)C)cc3)c3c(-c4ccccc4)c4cc(C)ccc4c(-c4ccc(C(C)C)cc4)c3c(-c3ccccc3)c2c1. The number of hydrogen-bond donors (Lipinski definition) is 0. The molecule has 0 aliphatic heterocycles. The van der Waals surface area contributed by atoms with Crippen molar-refractivity contribution in [2.75, 3.05) is 0 Å². The molecule has 0 bridgehead atoms. The summed E-state index contributed by atoms with van der Waals surface area (Å²) in [6, 6.07) is 55.0. The standard InChI is InChI=1S/C50H44/c1-31(2)35-19-23-39(24-20-35)45-41-27-17-33(5)29-43(41)48(38-15-11-8-12-16-38)50-46(40-25-21-36(22-26-40)32(3)4)42-28-18-34(6)30-44(42)47(49(45)50)37-13-9-7-10-14-37/h7-32H,1-6H3. The molecule has 244 valence electrons. The van der Waals surface area contributed by atoms with Crippen LogP contribution in [0.4, 0.5) is 0 Å². The highest BCUT2D eigenvalue weighted by Gasteiger charge is 2.26. The van der Waals surface area contributed by atoms with Crippen LogP contribution in [0.1, 0.15) is 61.8 Å². The van der Waals surface area contributed by atoms with E-state index in [1.807, 2.05) is 0 Å². The Morgan fingerprint density at radius 3 is 0.980 bits per heavy atom. The lowest BCUT2D eigenvalue weighted by Crippen LogP contribution is -1.99. The first-order valence-electron chi connectivity index (χ1n) is 18.1. The van der Waals surface area contributed by atoms with Crippen molar-refractivity contribution in [1.29, 1.82) is 0 Å². The summed E-state index contributed by atoms with van der Waals surface area (Å²) in [4.78, 5) is 0. The van der Waals surface area contributed by atoms with Crippen molar-refractivity contribution in [3.8, 4) is 44.5 Å². The van der Waals surface area contributed by atoms with Crippen molar-refractivity contribution in [2.45, 2.75) is 53.4 Å². The second kappa shape index (κ2) is 12.8. The molecular formula is C50H44. The highest BCUT2D eigenvalue weighted by atomic mass is 14.3. The van der Waals surface area contributed by atoms with Crippen LogP contribution < -0.4 is 0 Å². The summed E-state index contributed by atoms with van der Waals surface area (Å²) in [5.74, 6) is 0.931. The van der Waals surface area contributed by atoms with E-state index in [0.717, 1.165) is 0 Å². The number of fused-ring (bicyclic) bond motifs is 3. The minimum Gasteiger partial charge on any atom is -0.0622 e. The molecule has 0 heteroatoms. The fourth-order valence-corrected chi connectivity index (χ4v) is 7.93. The topological polar surface area (TPSA) is 0 Å². The molecule has 8 aromatic carbocycles. The molecule has 0 nitrogen and oxygen atoms in total. The molecule has 0 atom stereocenters. The molecule has 8 rings (SSSR count). The average molecular weight is 645 g/mol. The van der Waals surface area contributed by atoms with Crippen LogP contribution in [0.5, 0.6) is 0 Å². The number of aryl methyl sites for hydroxylation is 2. The highest BCUT2D eigenvalue weighted by Crippen LogP contribution is 2.53. The maximum atomic E-state index is 2.41. The van der Waals surface area contributed by atoms with E-state index in [4.69, 9.17) is 0 Å². The molecule has 0 saturated carbocycles. The molecule has 0 aliphatic rings. The van der Waals surface area contributed by atoms with Crippen LogP contribution in [0, 0.1) is 13.8 Å². The van der Waals surface area contributed by atoms with Crippen LogP contribution in [0.25, 0.3) is 76.8 Å². The van der Waals surface area contributed by atoms with Gasteiger partial charge in [0.25, 0.3) is 0 Å². The van der Waals surface area contributed by atoms with E-state index in [2.05, 4.69) is 187 Å². The summed E-state index contributed by atoms with van der Waals surface area (Å²) in [5, 5.41) is 7.76. The van der Waals surface area contributed by atoms with Crippen LogP contribution in [-0.4, -0.2) is 0 Å². The summed E-state index contributed by atoms with van der Waals surface area (Å²) in [6.45, 7) is 13.5. The Labute approximate surface area is 297 Å². The third kappa shape index (κ3) is 5.40. The van der Waals surface area contributed by atoms with E-state index >= 15 is 0 Å². The van der Waals surface area contributed by atoms with Crippen molar-refractivity contribution < 1.29 is 0 Å². The first-order chi connectivity index (χ1) is 24.3. The van der Waals surface area contributed by atoms with E-state index in [1.165, 1.54) is 99.1 Å². The second-order valence-corrected chi connectivity index (χ2v) is 14.6. The Morgan fingerprint density at radius 2 is 0.640 bits per heavy atom. The molecular weight excluding hydrogens is 601 g/mol. The average Bonchev–Trinajstić information content (AvgIpc) is 3.13. The Morgan fingerprint density at radius 1 is 0.320 bits per heavy atom. The fourth-order valence-electron chi connectivity index (χ4n) is 7.93. The van der Waals surface area contributed by atoms with Gasteiger partial charge in [0.1, 0.15) is 0 Å². The summed E-state index contributed by atoms with van der Waals surface area (Å²) in [7, 11) is 0. The first kappa shape index (κ1) is 31.8. The molecule has 0 fully saturated rings. The smallest absolute Gasteiger partial charge is 0.000139 e. The predicted molar refractivity (Wildman–Crippen MR) is 218 cm³/mol. The van der Waals surface area contributed by atoms with Gasteiger partial charge >= 0.3 is 0 Å². The molecule has 0 heterocycles. The lowest BCUT2D eigenvalue weighted by atomic mass is 9.77. The van der Waals surface area contributed by atoms with Crippen molar-refractivity contribution >= 4 is 32.3 Å². The Balaban J connectivity index is 1.71. The monoisotopic (exact) mass is 644 g/mol. The van der Waals surface area contributed by atoms with Crippen LogP contribution in [0.2, 0.25) is 0 Å². The van der Waals surface area contributed by atoms with Gasteiger partial charge in [-0.25, -0.2) is 0 Å². The van der Waals surface area contributed by atoms with Gasteiger partial charge in [-0.1, -0.05) is 184 Å². The van der Waals surface area contributed by atoms with Gasteiger partial charge in [0, 0.05) is 0 Å². The zero-order valence-electron chi connectivity index (χ0n) is 30.0. The summed E-state index contributed by atoms with van der Waals surface area (Å²) in [5.41, 5.74) is 15.4. The molecule has 50 heavy (non-hydrogen) atoms. The fraction of sp³-hybridized carbons (Fsp3) is 0.160. The molecule has 0 unspecified atom stereocenters. The van der Waals surface area contributed by atoms with E-state index in [0.29, 0.717) is 11.8 Å². The normalized spacial score (nSPS) is 11.8. The number of rotatable bonds is 6. The lowest BCUT2D eigenvalue weighted by molar-refractivity contribution is 0.867. The van der Waals surface area contributed by atoms with Crippen molar-refractivity contribution in [3.63, 3.8) is 0 Å². The maximum absolute atomic E-state index is 2.41. The zero-order chi connectivity index (χ0) is 34.5. The summed E-state index contributed by atoms with van der Waals surface area (Å²) in [6.07, 6.45) is 0. The van der Waals surface area contributed by atoms with Crippen molar-refractivity contribution in [1.82, 2.24) is 0 Å². The minimum atomic E-state index is 0.466. The van der Waals surface area contributed by atoms with Gasteiger partial charge in [-0.3, -0.25) is 0 Å². The van der Waals surface area contributed by atoms with E-state index in [1.54, 1.807) is 0 Å². The van der Waals surface area contributed by atoms with Crippen LogP contribution in [0.15, 0.2) is 146 Å². The Hall–Kier alpha value is -5.46. The summed E-state index contributed by atoms with van der Waals surface area (Å²) < 4.78 is 0. The second-order valence-electron chi connectivity index (χ2n) is 14.6. The Bertz CT molecular complexity index is 2320. The quantitative estimate of drug-likeness (QED) is 0.158. The molecule has 0 N–H and O–H groups in total. The molecule has 0 saturated heterocycles. The maximum Gasteiger partial charge on any atom is -0.000139 e. The third-order valence-corrected chi connectivity index (χ3v) is 10.5. The van der Waals surface area contributed by atoms with Gasteiger partial charge < -0.3 is 0 Å². The lowest BCUT2D eigenvalue weighted by Gasteiger charge is -2.26. The van der Waals surface area contributed by atoms with E-state index < -0.39 is 0 Å². The van der Waals surface area contributed by atoms with Crippen LogP contribution in [0.3, 0.4) is 0 Å². The number of benzene rings is 8. The van der Waals surface area contributed by atoms with Gasteiger partial charge in [-0.2, -0.15) is 0 Å². The first-order valence-corrected chi connectivity index (χ1v) is 18.1. The van der Waals surface area contributed by atoms with Gasteiger partial charge in [0.05, 0.1) is 0 Å². The van der Waals surface area contributed by atoms with Gasteiger partial charge in [0.2, 0.25) is 0 Å². The van der Waals surface area contributed by atoms with Gasteiger partial charge in [0.15, 0.2) is 0 Å². The van der Waals surface area contributed by atoms with Gasteiger partial charge in [-0.05, 0) is 114 Å². The Kier molecular flexibility index (Phi) is 8.12. The summed E-state index contributed by atoms with van der Waals surface area (Å²) >= 11 is 0. The van der Waals surface area contributed by atoms with Gasteiger partial charge in [-0.15, -0.1) is 0 Å². The third-order valence-electron chi connectivity index (χ3n) is 10.5. The highest BCUT2D eigenvalue weighted by molar-refractivity contribution is 6.33. The van der Waals surface area contributed by atoms with Crippen LogP contribution >= 0.6 is 0 Å². The molecule has 8 aromatic rings.